The molecule has 22 heavy (non-hydrogen) atoms. The van der Waals surface area contributed by atoms with Crippen molar-refractivity contribution in [2.45, 2.75) is 33.3 Å². The molecule has 5 nitrogen and oxygen atoms in total. The summed E-state index contributed by atoms with van der Waals surface area (Å²) in [5.41, 5.74) is 1.14. The molecule has 1 aromatic rings. The Morgan fingerprint density at radius 2 is 2.05 bits per heavy atom. The molecule has 0 amide bonds. The number of aliphatic imine (C=N–C) groups is 1. The summed E-state index contributed by atoms with van der Waals surface area (Å²) < 4.78 is 11.0. The maximum absolute atomic E-state index is 5.93. The quantitative estimate of drug-likeness (QED) is 0.418. The fourth-order valence-electron chi connectivity index (χ4n) is 1.93. The Morgan fingerprint density at radius 1 is 1.27 bits per heavy atom. The number of nitrogens with zero attached hydrogens (tertiary/aromatic N) is 1. The van der Waals surface area contributed by atoms with E-state index in [0.29, 0.717) is 6.54 Å². The van der Waals surface area contributed by atoms with Gasteiger partial charge in [-0.25, -0.2) is 4.99 Å². The normalized spacial score (nSPS) is 12.8. The average molecular weight is 307 g/mol. The minimum Gasteiger partial charge on any atom is -0.489 e. The molecule has 0 spiro atoms. The average Bonchev–Trinajstić information content (AvgIpc) is 2.51. The molecule has 0 aliphatic heterocycles. The lowest BCUT2D eigenvalue weighted by molar-refractivity contribution is 0.195. The van der Waals surface area contributed by atoms with E-state index in [1.165, 1.54) is 0 Å². The molecule has 1 atom stereocenters. The third kappa shape index (κ3) is 7.31. The third-order valence-corrected chi connectivity index (χ3v) is 3.09. The highest BCUT2D eigenvalue weighted by molar-refractivity contribution is 5.79. The van der Waals surface area contributed by atoms with Crippen molar-refractivity contribution in [1.29, 1.82) is 0 Å². The minimum absolute atomic E-state index is 0.0236. The first-order valence-corrected chi connectivity index (χ1v) is 7.90. The predicted octanol–water partition coefficient (Wildman–Crippen LogP) is 2.35. The minimum atomic E-state index is 0.0236. The SMILES string of the molecule is CCNC(=NCC(C)Oc1ccccc1C)NCCCOC. The number of ether oxygens (including phenoxy) is 2. The fourth-order valence-corrected chi connectivity index (χ4v) is 1.93. The molecule has 5 heteroatoms. The second-order valence-electron chi connectivity index (χ2n) is 5.19. The monoisotopic (exact) mass is 307 g/mol. The molecular formula is C17H29N3O2. The van der Waals surface area contributed by atoms with Gasteiger partial charge in [-0.05, 0) is 38.8 Å². The highest BCUT2D eigenvalue weighted by Crippen LogP contribution is 2.17. The molecule has 1 rings (SSSR count). The first-order valence-electron chi connectivity index (χ1n) is 7.90. The van der Waals surface area contributed by atoms with Crippen LogP contribution >= 0.6 is 0 Å². The van der Waals surface area contributed by atoms with Gasteiger partial charge in [-0.3, -0.25) is 0 Å². The van der Waals surface area contributed by atoms with Crippen LogP contribution in [0, 0.1) is 6.92 Å². The number of methoxy groups -OCH3 is 1. The van der Waals surface area contributed by atoms with Crippen LogP contribution in [-0.4, -0.2) is 45.4 Å². The van der Waals surface area contributed by atoms with Gasteiger partial charge in [0.25, 0.3) is 0 Å². The second kappa shape index (κ2) is 10.9. The van der Waals surface area contributed by atoms with Gasteiger partial charge in [0.1, 0.15) is 11.9 Å². The summed E-state index contributed by atoms with van der Waals surface area (Å²) in [7, 11) is 1.71. The van der Waals surface area contributed by atoms with Gasteiger partial charge < -0.3 is 20.1 Å². The number of rotatable bonds is 9. The maximum atomic E-state index is 5.93. The van der Waals surface area contributed by atoms with E-state index in [4.69, 9.17) is 9.47 Å². The molecule has 0 saturated carbocycles. The van der Waals surface area contributed by atoms with Crippen LogP contribution in [-0.2, 0) is 4.74 Å². The zero-order valence-corrected chi connectivity index (χ0v) is 14.2. The first kappa shape index (κ1) is 18.3. The van der Waals surface area contributed by atoms with Crippen molar-refractivity contribution in [3.05, 3.63) is 29.8 Å². The van der Waals surface area contributed by atoms with E-state index in [1.54, 1.807) is 7.11 Å². The van der Waals surface area contributed by atoms with Crippen molar-refractivity contribution in [3.8, 4) is 5.75 Å². The third-order valence-electron chi connectivity index (χ3n) is 3.09. The summed E-state index contributed by atoms with van der Waals surface area (Å²) in [5.74, 6) is 1.74. The van der Waals surface area contributed by atoms with Crippen molar-refractivity contribution in [1.82, 2.24) is 10.6 Å². The van der Waals surface area contributed by atoms with Gasteiger partial charge in [-0.1, -0.05) is 18.2 Å². The van der Waals surface area contributed by atoms with Crippen LogP contribution in [0.3, 0.4) is 0 Å². The van der Waals surface area contributed by atoms with Gasteiger partial charge in [0.2, 0.25) is 0 Å². The highest BCUT2D eigenvalue weighted by atomic mass is 16.5. The Hall–Kier alpha value is -1.75. The van der Waals surface area contributed by atoms with Gasteiger partial charge in [0.15, 0.2) is 5.96 Å². The fraction of sp³-hybridized carbons (Fsp3) is 0.588. The van der Waals surface area contributed by atoms with Crippen LogP contribution in [0.2, 0.25) is 0 Å². The second-order valence-corrected chi connectivity index (χ2v) is 5.19. The molecule has 0 aliphatic carbocycles. The maximum Gasteiger partial charge on any atom is 0.191 e. The van der Waals surface area contributed by atoms with E-state index >= 15 is 0 Å². The van der Waals surface area contributed by atoms with E-state index < -0.39 is 0 Å². The highest BCUT2D eigenvalue weighted by Gasteiger charge is 2.06. The molecule has 0 aromatic heterocycles. The molecule has 2 N–H and O–H groups in total. The number of guanidine groups is 1. The van der Waals surface area contributed by atoms with E-state index in [2.05, 4.69) is 22.5 Å². The van der Waals surface area contributed by atoms with E-state index in [1.807, 2.05) is 38.1 Å². The molecule has 1 unspecified atom stereocenters. The van der Waals surface area contributed by atoms with Crippen LogP contribution in [0.1, 0.15) is 25.8 Å². The van der Waals surface area contributed by atoms with Crippen LogP contribution in [0.4, 0.5) is 0 Å². The lowest BCUT2D eigenvalue weighted by Gasteiger charge is -2.16. The molecule has 0 radical (unpaired) electrons. The number of hydrogen-bond donors (Lipinski definition) is 2. The summed E-state index contributed by atoms with van der Waals surface area (Å²) in [4.78, 5) is 4.57. The van der Waals surface area contributed by atoms with Crippen molar-refractivity contribution in [3.63, 3.8) is 0 Å². The summed E-state index contributed by atoms with van der Waals surface area (Å²) in [6, 6.07) is 8.04. The summed E-state index contributed by atoms with van der Waals surface area (Å²) in [6.07, 6.45) is 0.978. The smallest absolute Gasteiger partial charge is 0.191 e. The van der Waals surface area contributed by atoms with Crippen LogP contribution in [0.15, 0.2) is 29.3 Å². The summed E-state index contributed by atoms with van der Waals surface area (Å²) >= 11 is 0. The molecular weight excluding hydrogens is 278 g/mol. The Balaban J connectivity index is 2.45. The number of para-hydroxylation sites is 1. The molecule has 0 saturated heterocycles. The van der Waals surface area contributed by atoms with E-state index in [0.717, 1.165) is 43.4 Å². The van der Waals surface area contributed by atoms with Crippen LogP contribution in [0.25, 0.3) is 0 Å². The van der Waals surface area contributed by atoms with Crippen LogP contribution < -0.4 is 15.4 Å². The van der Waals surface area contributed by atoms with Gasteiger partial charge in [0.05, 0.1) is 6.54 Å². The number of aryl methyl sites for hydroxylation is 1. The standard InChI is InChI=1S/C17H29N3O2/c1-5-18-17(19-11-8-12-21-4)20-13-15(3)22-16-10-7-6-9-14(16)2/h6-7,9-10,15H,5,8,11-13H2,1-4H3,(H2,18,19,20). The Bertz CT molecular complexity index is 449. The predicted molar refractivity (Wildman–Crippen MR) is 91.7 cm³/mol. The van der Waals surface area contributed by atoms with Gasteiger partial charge in [-0.2, -0.15) is 0 Å². The zero-order chi connectivity index (χ0) is 16.2. The topological polar surface area (TPSA) is 54.9 Å². The molecule has 0 heterocycles. The zero-order valence-electron chi connectivity index (χ0n) is 14.2. The molecule has 124 valence electrons. The molecule has 1 aromatic carbocycles. The van der Waals surface area contributed by atoms with Crippen molar-refractivity contribution < 1.29 is 9.47 Å². The first-order chi connectivity index (χ1) is 10.7. The van der Waals surface area contributed by atoms with Gasteiger partial charge in [0, 0.05) is 26.8 Å². The Labute approximate surface area is 134 Å². The van der Waals surface area contributed by atoms with Gasteiger partial charge in [-0.15, -0.1) is 0 Å². The van der Waals surface area contributed by atoms with E-state index in [-0.39, 0.29) is 6.10 Å². The molecule has 0 aliphatic rings. The summed E-state index contributed by atoms with van der Waals surface area (Å²) in [5, 5.41) is 6.52. The largest absolute Gasteiger partial charge is 0.489 e. The molecule has 0 fully saturated rings. The van der Waals surface area contributed by atoms with Crippen molar-refractivity contribution in [2.75, 3.05) is 33.4 Å². The number of nitrogens with one attached hydrogen (secondary N) is 2. The number of hydrogen-bond acceptors (Lipinski definition) is 3. The lowest BCUT2D eigenvalue weighted by Crippen LogP contribution is -2.38. The van der Waals surface area contributed by atoms with Crippen molar-refractivity contribution in [2.24, 2.45) is 4.99 Å². The van der Waals surface area contributed by atoms with Gasteiger partial charge >= 0.3 is 0 Å². The Kier molecular flexibility index (Phi) is 9.07. The van der Waals surface area contributed by atoms with Crippen molar-refractivity contribution >= 4 is 5.96 Å². The Morgan fingerprint density at radius 3 is 2.73 bits per heavy atom. The van der Waals surface area contributed by atoms with Crippen LogP contribution in [0.5, 0.6) is 5.75 Å². The number of benzene rings is 1. The summed E-state index contributed by atoms with van der Waals surface area (Å²) in [6.45, 7) is 9.17. The lowest BCUT2D eigenvalue weighted by atomic mass is 10.2. The molecule has 0 bridgehead atoms. The van der Waals surface area contributed by atoms with E-state index in [9.17, 15) is 0 Å².